The Morgan fingerprint density at radius 3 is 2.54 bits per heavy atom. The second-order valence-electron chi connectivity index (χ2n) is 5.68. The average molecular weight is 365 g/mol. The van der Waals surface area contributed by atoms with E-state index in [-0.39, 0.29) is 5.75 Å². The third-order valence-electron chi connectivity index (χ3n) is 4.19. The van der Waals surface area contributed by atoms with Crippen LogP contribution in [0.4, 0.5) is 4.39 Å². The summed E-state index contributed by atoms with van der Waals surface area (Å²) < 4.78 is 21.2. The van der Waals surface area contributed by atoms with E-state index < -0.39 is 5.82 Å². The minimum atomic E-state index is -0.410. The Kier molecular flexibility index (Phi) is 4.34. The summed E-state index contributed by atoms with van der Waals surface area (Å²) in [6.45, 7) is 0. The van der Waals surface area contributed by atoms with E-state index in [9.17, 15) is 4.39 Å². The van der Waals surface area contributed by atoms with Crippen molar-refractivity contribution in [3.05, 3.63) is 66.7 Å². The first-order valence-corrected chi connectivity index (χ1v) is 9.25. The van der Waals surface area contributed by atoms with Crippen LogP contribution >= 0.6 is 11.8 Å². The van der Waals surface area contributed by atoms with E-state index >= 15 is 0 Å². The zero-order valence-electron chi connectivity index (χ0n) is 14.3. The number of ether oxygens (including phenoxy) is 1. The molecule has 0 bridgehead atoms. The van der Waals surface area contributed by atoms with Crippen molar-refractivity contribution in [1.82, 2.24) is 14.4 Å². The van der Waals surface area contributed by atoms with Gasteiger partial charge in [0.05, 0.1) is 18.5 Å². The molecule has 0 radical (unpaired) electrons. The zero-order chi connectivity index (χ0) is 18.1. The van der Waals surface area contributed by atoms with Crippen LogP contribution in [0.2, 0.25) is 0 Å². The number of thioether (sulfide) groups is 1. The Labute approximate surface area is 154 Å². The van der Waals surface area contributed by atoms with E-state index in [0.717, 1.165) is 17.0 Å². The zero-order valence-corrected chi connectivity index (χ0v) is 15.1. The Bertz CT molecular complexity index is 1080. The van der Waals surface area contributed by atoms with Gasteiger partial charge in [-0.05, 0) is 42.7 Å². The van der Waals surface area contributed by atoms with Gasteiger partial charge in [-0.3, -0.25) is 4.40 Å². The number of fused-ring (bicyclic) bond motifs is 1. The molecule has 2 heterocycles. The van der Waals surface area contributed by atoms with Gasteiger partial charge < -0.3 is 4.74 Å². The number of aromatic nitrogens is 3. The Hall–Kier alpha value is -2.86. The fraction of sp³-hybridized carbons (Fsp3) is 0.100. The Morgan fingerprint density at radius 2 is 1.85 bits per heavy atom. The van der Waals surface area contributed by atoms with Crippen molar-refractivity contribution in [2.45, 2.75) is 4.90 Å². The predicted molar refractivity (Wildman–Crippen MR) is 102 cm³/mol. The van der Waals surface area contributed by atoms with E-state index in [1.54, 1.807) is 24.0 Å². The number of nitrogens with zero attached hydrogens (tertiary/aromatic N) is 3. The van der Waals surface area contributed by atoms with Gasteiger partial charge in [0.2, 0.25) is 5.78 Å². The maximum absolute atomic E-state index is 14.3. The summed E-state index contributed by atoms with van der Waals surface area (Å²) in [5, 5.41) is 0. The topological polar surface area (TPSA) is 39.4 Å². The lowest BCUT2D eigenvalue weighted by Crippen LogP contribution is -1.93. The molecule has 0 saturated carbocycles. The van der Waals surface area contributed by atoms with E-state index in [2.05, 4.69) is 22.1 Å². The molecule has 0 spiro atoms. The molecule has 26 heavy (non-hydrogen) atoms. The molecule has 0 N–H and O–H groups in total. The molecule has 0 aliphatic heterocycles. The first-order chi connectivity index (χ1) is 12.7. The van der Waals surface area contributed by atoms with Crippen LogP contribution in [0.25, 0.3) is 28.3 Å². The third-order valence-corrected chi connectivity index (χ3v) is 4.94. The minimum Gasteiger partial charge on any atom is -0.494 e. The lowest BCUT2D eigenvalue weighted by Gasteiger charge is -2.08. The van der Waals surface area contributed by atoms with Gasteiger partial charge in [-0.1, -0.05) is 12.1 Å². The molecule has 0 amide bonds. The standard InChI is InChI=1S/C20H16FN3OS/c1-25-17-9-6-14(12-16(17)21)19-18(13-4-7-15(26-2)8-5-13)23-20-22-10-3-11-24(19)20/h3-12H,1-2H3. The van der Waals surface area contributed by atoms with Gasteiger partial charge in [0.15, 0.2) is 11.6 Å². The number of halogens is 1. The van der Waals surface area contributed by atoms with E-state index in [0.29, 0.717) is 11.3 Å². The Balaban J connectivity index is 1.96. The van der Waals surface area contributed by atoms with Gasteiger partial charge in [-0.2, -0.15) is 0 Å². The summed E-state index contributed by atoms with van der Waals surface area (Å²) in [6.07, 6.45) is 5.61. The number of rotatable bonds is 4. The molecular formula is C20H16FN3OS. The van der Waals surface area contributed by atoms with Crippen LogP contribution in [-0.4, -0.2) is 27.7 Å². The maximum Gasteiger partial charge on any atom is 0.234 e. The largest absolute Gasteiger partial charge is 0.494 e. The molecule has 0 aliphatic carbocycles. The smallest absolute Gasteiger partial charge is 0.234 e. The first-order valence-electron chi connectivity index (χ1n) is 8.02. The number of hydrogen-bond donors (Lipinski definition) is 0. The summed E-state index contributed by atoms with van der Waals surface area (Å²) >= 11 is 1.68. The number of benzene rings is 2. The molecule has 4 rings (SSSR count). The highest BCUT2D eigenvalue weighted by Crippen LogP contribution is 2.34. The van der Waals surface area contributed by atoms with Crippen LogP contribution in [0.1, 0.15) is 0 Å². The second-order valence-corrected chi connectivity index (χ2v) is 6.56. The molecule has 4 nitrogen and oxygen atoms in total. The molecule has 0 unspecified atom stereocenters. The number of imidazole rings is 1. The monoisotopic (exact) mass is 365 g/mol. The summed E-state index contributed by atoms with van der Waals surface area (Å²) in [5.74, 6) is 0.377. The molecule has 130 valence electrons. The van der Waals surface area contributed by atoms with Crippen molar-refractivity contribution in [1.29, 1.82) is 0 Å². The van der Waals surface area contributed by atoms with Crippen LogP contribution < -0.4 is 4.74 Å². The van der Waals surface area contributed by atoms with Crippen LogP contribution in [0.5, 0.6) is 5.75 Å². The molecule has 4 aromatic rings. The van der Waals surface area contributed by atoms with Crippen molar-refractivity contribution >= 4 is 17.5 Å². The van der Waals surface area contributed by atoms with Gasteiger partial charge in [-0.15, -0.1) is 11.8 Å². The summed E-state index contributed by atoms with van der Waals surface area (Å²) in [6, 6.07) is 14.9. The van der Waals surface area contributed by atoms with E-state index in [4.69, 9.17) is 4.74 Å². The molecule has 0 saturated heterocycles. The molecule has 0 aliphatic rings. The van der Waals surface area contributed by atoms with Crippen molar-refractivity contribution in [2.24, 2.45) is 0 Å². The molecule has 2 aromatic carbocycles. The molecule has 0 fully saturated rings. The van der Waals surface area contributed by atoms with Crippen molar-refractivity contribution in [3.63, 3.8) is 0 Å². The molecule has 6 heteroatoms. The highest BCUT2D eigenvalue weighted by molar-refractivity contribution is 7.98. The predicted octanol–water partition coefficient (Wildman–Crippen LogP) is 4.93. The normalized spacial score (nSPS) is 11.0. The first kappa shape index (κ1) is 16.6. The number of methoxy groups -OCH3 is 1. The second kappa shape index (κ2) is 6.80. The van der Waals surface area contributed by atoms with Crippen LogP contribution in [0, 0.1) is 5.82 Å². The average Bonchev–Trinajstić information content (AvgIpc) is 3.07. The lowest BCUT2D eigenvalue weighted by molar-refractivity contribution is 0.386. The summed E-state index contributed by atoms with van der Waals surface area (Å²) in [7, 11) is 1.45. The highest BCUT2D eigenvalue weighted by atomic mass is 32.2. The molecular weight excluding hydrogens is 349 g/mol. The highest BCUT2D eigenvalue weighted by Gasteiger charge is 2.18. The fourth-order valence-corrected chi connectivity index (χ4v) is 3.34. The Morgan fingerprint density at radius 1 is 1.08 bits per heavy atom. The van der Waals surface area contributed by atoms with Crippen LogP contribution in [0.3, 0.4) is 0 Å². The van der Waals surface area contributed by atoms with Crippen LogP contribution in [-0.2, 0) is 0 Å². The summed E-state index contributed by atoms with van der Waals surface area (Å²) in [5.41, 5.74) is 3.24. The van der Waals surface area contributed by atoms with E-state index in [1.165, 1.54) is 18.1 Å². The van der Waals surface area contributed by atoms with Crippen molar-refractivity contribution in [2.75, 3.05) is 13.4 Å². The number of hydrogen-bond acceptors (Lipinski definition) is 4. The molecule has 0 atom stereocenters. The SMILES string of the molecule is COc1ccc(-c2c(-c3ccc(SC)cc3)nc3ncccn23)cc1F. The van der Waals surface area contributed by atoms with Crippen LogP contribution in [0.15, 0.2) is 65.8 Å². The van der Waals surface area contributed by atoms with Gasteiger partial charge in [0.1, 0.15) is 0 Å². The van der Waals surface area contributed by atoms with Crippen molar-refractivity contribution < 1.29 is 9.13 Å². The lowest BCUT2D eigenvalue weighted by atomic mass is 10.0. The van der Waals surface area contributed by atoms with Gasteiger partial charge in [0.25, 0.3) is 0 Å². The quantitative estimate of drug-likeness (QED) is 0.481. The third kappa shape index (κ3) is 2.82. The van der Waals surface area contributed by atoms with Gasteiger partial charge in [-0.25, -0.2) is 14.4 Å². The fourth-order valence-electron chi connectivity index (χ4n) is 2.93. The van der Waals surface area contributed by atoms with E-state index in [1.807, 2.05) is 41.1 Å². The van der Waals surface area contributed by atoms with Gasteiger partial charge >= 0.3 is 0 Å². The molecule has 2 aromatic heterocycles. The minimum absolute atomic E-state index is 0.214. The summed E-state index contributed by atoms with van der Waals surface area (Å²) in [4.78, 5) is 10.2. The van der Waals surface area contributed by atoms with Gasteiger partial charge in [0, 0.05) is 28.4 Å². The maximum atomic E-state index is 14.3. The van der Waals surface area contributed by atoms with Crippen molar-refractivity contribution in [3.8, 4) is 28.3 Å².